The standard InChI is InChI=1S/C11H13NO3/c1-6-4-10(12-8(3)14)7(2)11(15)9(6)5-13/h4-5,15H,1-3H3,(H,12,14). The van der Waals surface area contributed by atoms with Gasteiger partial charge in [0.05, 0.1) is 5.56 Å². The molecular weight excluding hydrogens is 194 g/mol. The largest absolute Gasteiger partial charge is 0.507 e. The molecule has 0 fully saturated rings. The number of benzene rings is 1. The highest BCUT2D eigenvalue weighted by Gasteiger charge is 2.12. The van der Waals surface area contributed by atoms with Gasteiger partial charge in [-0.2, -0.15) is 0 Å². The number of phenolic OH excluding ortho intramolecular Hbond substituents is 1. The minimum atomic E-state index is -0.212. The van der Waals surface area contributed by atoms with Gasteiger partial charge in [0.25, 0.3) is 0 Å². The summed E-state index contributed by atoms with van der Waals surface area (Å²) in [6.07, 6.45) is 0.606. The number of aromatic hydroxyl groups is 1. The van der Waals surface area contributed by atoms with Crippen molar-refractivity contribution in [2.24, 2.45) is 0 Å². The van der Waals surface area contributed by atoms with Crippen molar-refractivity contribution in [2.75, 3.05) is 5.32 Å². The number of phenols is 1. The third-order valence-electron chi connectivity index (χ3n) is 2.23. The van der Waals surface area contributed by atoms with Crippen LogP contribution in [-0.2, 0) is 4.79 Å². The highest BCUT2D eigenvalue weighted by Crippen LogP contribution is 2.30. The van der Waals surface area contributed by atoms with Crippen molar-refractivity contribution in [3.63, 3.8) is 0 Å². The van der Waals surface area contributed by atoms with Crippen molar-refractivity contribution in [1.29, 1.82) is 0 Å². The van der Waals surface area contributed by atoms with E-state index in [0.717, 1.165) is 0 Å². The summed E-state index contributed by atoms with van der Waals surface area (Å²) in [5.74, 6) is -0.287. The van der Waals surface area contributed by atoms with Crippen molar-refractivity contribution in [1.82, 2.24) is 0 Å². The van der Waals surface area contributed by atoms with E-state index in [0.29, 0.717) is 23.1 Å². The molecule has 0 saturated heterocycles. The molecule has 15 heavy (non-hydrogen) atoms. The predicted molar refractivity (Wildman–Crippen MR) is 57.3 cm³/mol. The third kappa shape index (κ3) is 2.15. The molecule has 1 rings (SSSR count). The van der Waals surface area contributed by atoms with Crippen LogP contribution in [0.2, 0.25) is 0 Å². The molecule has 1 aromatic carbocycles. The summed E-state index contributed by atoms with van der Waals surface area (Å²) in [6, 6.07) is 1.67. The first-order valence-corrected chi connectivity index (χ1v) is 4.53. The Morgan fingerprint density at radius 1 is 1.47 bits per heavy atom. The molecule has 0 bridgehead atoms. The quantitative estimate of drug-likeness (QED) is 0.726. The Labute approximate surface area is 87.9 Å². The molecule has 4 heteroatoms. The number of aldehydes is 1. The number of carbonyl (C=O) groups excluding carboxylic acids is 2. The second kappa shape index (κ2) is 4.13. The van der Waals surface area contributed by atoms with Crippen LogP contribution in [0.25, 0.3) is 0 Å². The van der Waals surface area contributed by atoms with Gasteiger partial charge in [-0.1, -0.05) is 0 Å². The van der Waals surface area contributed by atoms with Crippen LogP contribution in [0, 0.1) is 13.8 Å². The molecule has 0 saturated carbocycles. The van der Waals surface area contributed by atoms with Crippen LogP contribution in [0.15, 0.2) is 6.07 Å². The van der Waals surface area contributed by atoms with Crippen molar-refractivity contribution < 1.29 is 14.7 Å². The summed E-state index contributed by atoms with van der Waals surface area (Å²) in [5.41, 5.74) is 1.93. The minimum absolute atomic E-state index is 0.0752. The summed E-state index contributed by atoms with van der Waals surface area (Å²) in [5, 5.41) is 12.3. The molecule has 0 atom stereocenters. The Balaban J connectivity index is 3.33. The second-order valence-corrected chi connectivity index (χ2v) is 3.43. The third-order valence-corrected chi connectivity index (χ3v) is 2.23. The molecule has 0 aliphatic carbocycles. The summed E-state index contributed by atoms with van der Waals surface area (Å²) >= 11 is 0. The van der Waals surface area contributed by atoms with Gasteiger partial charge in [-0.05, 0) is 25.5 Å². The van der Waals surface area contributed by atoms with Crippen molar-refractivity contribution in [3.05, 3.63) is 22.8 Å². The van der Waals surface area contributed by atoms with E-state index in [1.807, 2.05) is 0 Å². The lowest BCUT2D eigenvalue weighted by atomic mass is 10.0. The van der Waals surface area contributed by atoms with Crippen LogP contribution >= 0.6 is 0 Å². The number of anilines is 1. The predicted octanol–water partition coefficient (Wildman–Crippen LogP) is 1.78. The highest BCUT2D eigenvalue weighted by atomic mass is 16.3. The lowest BCUT2D eigenvalue weighted by Crippen LogP contribution is -2.08. The average Bonchev–Trinajstić information content (AvgIpc) is 2.14. The number of amides is 1. The number of hydrogen-bond donors (Lipinski definition) is 2. The molecule has 0 radical (unpaired) electrons. The highest BCUT2D eigenvalue weighted by molar-refractivity contribution is 5.92. The molecule has 2 N–H and O–H groups in total. The van der Waals surface area contributed by atoms with Gasteiger partial charge in [0.2, 0.25) is 5.91 Å². The van der Waals surface area contributed by atoms with Gasteiger partial charge >= 0.3 is 0 Å². The molecule has 0 heterocycles. The minimum Gasteiger partial charge on any atom is -0.507 e. The van der Waals surface area contributed by atoms with Crippen molar-refractivity contribution in [2.45, 2.75) is 20.8 Å². The van der Waals surface area contributed by atoms with Gasteiger partial charge in [-0.3, -0.25) is 9.59 Å². The van der Waals surface area contributed by atoms with Crippen molar-refractivity contribution >= 4 is 17.9 Å². The maximum absolute atomic E-state index is 10.9. The van der Waals surface area contributed by atoms with Crippen LogP contribution in [0.5, 0.6) is 5.75 Å². The maximum Gasteiger partial charge on any atom is 0.221 e. The van der Waals surface area contributed by atoms with Gasteiger partial charge in [0, 0.05) is 18.2 Å². The molecule has 1 aromatic rings. The second-order valence-electron chi connectivity index (χ2n) is 3.43. The van der Waals surface area contributed by atoms with E-state index in [-0.39, 0.29) is 17.2 Å². The maximum atomic E-state index is 10.9. The molecule has 4 nitrogen and oxygen atoms in total. The zero-order chi connectivity index (χ0) is 11.6. The van der Waals surface area contributed by atoms with E-state index in [1.165, 1.54) is 6.92 Å². The lowest BCUT2D eigenvalue weighted by Gasteiger charge is -2.12. The van der Waals surface area contributed by atoms with Gasteiger partial charge in [-0.15, -0.1) is 0 Å². The normalized spacial score (nSPS) is 9.80. The molecular formula is C11H13NO3. The molecule has 1 amide bonds. The van der Waals surface area contributed by atoms with Crippen LogP contribution in [-0.4, -0.2) is 17.3 Å². The first-order chi connectivity index (χ1) is 6.97. The first-order valence-electron chi connectivity index (χ1n) is 4.53. The molecule has 0 spiro atoms. The average molecular weight is 207 g/mol. The summed E-state index contributed by atoms with van der Waals surface area (Å²) < 4.78 is 0. The fourth-order valence-corrected chi connectivity index (χ4v) is 1.39. The summed E-state index contributed by atoms with van der Waals surface area (Å²) in [6.45, 7) is 4.74. The van der Waals surface area contributed by atoms with E-state index >= 15 is 0 Å². The fraction of sp³-hybridized carbons (Fsp3) is 0.273. The van der Waals surface area contributed by atoms with Crippen LogP contribution in [0.4, 0.5) is 5.69 Å². The van der Waals surface area contributed by atoms with E-state index in [4.69, 9.17) is 0 Å². The molecule has 0 aliphatic rings. The Kier molecular flexibility index (Phi) is 3.09. The fourth-order valence-electron chi connectivity index (χ4n) is 1.39. The van der Waals surface area contributed by atoms with E-state index < -0.39 is 0 Å². The monoisotopic (exact) mass is 207 g/mol. The Morgan fingerprint density at radius 2 is 2.07 bits per heavy atom. The number of hydrogen-bond acceptors (Lipinski definition) is 3. The van der Waals surface area contributed by atoms with Crippen LogP contribution in [0.3, 0.4) is 0 Å². The number of carbonyl (C=O) groups is 2. The molecule has 0 aliphatic heterocycles. The van der Waals surface area contributed by atoms with Crippen LogP contribution in [0.1, 0.15) is 28.4 Å². The molecule has 80 valence electrons. The van der Waals surface area contributed by atoms with Crippen LogP contribution < -0.4 is 5.32 Å². The van der Waals surface area contributed by atoms with Gasteiger partial charge in [-0.25, -0.2) is 0 Å². The van der Waals surface area contributed by atoms with Crippen molar-refractivity contribution in [3.8, 4) is 5.75 Å². The number of rotatable bonds is 2. The van der Waals surface area contributed by atoms with Gasteiger partial charge < -0.3 is 10.4 Å². The summed E-state index contributed by atoms with van der Waals surface area (Å²) in [7, 11) is 0. The topological polar surface area (TPSA) is 66.4 Å². The van der Waals surface area contributed by atoms with E-state index in [2.05, 4.69) is 5.32 Å². The first kappa shape index (κ1) is 11.2. The number of aryl methyl sites for hydroxylation is 1. The van der Waals surface area contributed by atoms with Gasteiger partial charge in [0.15, 0.2) is 6.29 Å². The van der Waals surface area contributed by atoms with Gasteiger partial charge in [0.1, 0.15) is 5.75 Å². The lowest BCUT2D eigenvalue weighted by molar-refractivity contribution is -0.114. The molecule has 0 unspecified atom stereocenters. The Morgan fingerprint density at radius 3 is 2.53 bits per heavy atom. The van der Waals surface area contributed by atoms with E-state index in [9.17, 15) is 14.7 Å². The molecule has 0 aromatic heterocycles. The SMILES string of the molecule is CC(=O)Nc1cc(C)c(C=O)c(O)c1C. The Hall–Kier alpha value is -1.84. The zero-order valence-electron chi connectivity index (χ0n) is 8.92. The smallest absolute Gasteiger partial charge is 0.221 e. The Bertz CT molecular complexity index is 424. The van der Waals surface area contributed by atoms with E-state index in [1.54, 1.807) is 19.9 Å². The zero-order valence-corrected chi connectivity index (χ0v) is 8.92. The summed E-state index contributed by atoms with van der Waals surface area (Å²) in [4.78, 5) is 21.6. The number of nitrogens with one attached hydrogen (secondary N) is 1.